The van der Waals surface area contributed by atoms with E-state index < -0.39 is 36.8 Å². The number of ether oxygens (including phenoxy) is 3. The van der Waals surface area contributed by atoms with E-state index in [1.165, 1.54) is 26.3 Å². The maximum absolute atomic E-state index is 12.7. The number of anilines is 1. The Bertz CT molecular complexity index is 1180. The van der Waals surface area contributed by atoms with Gasteiger partial charge in [-0.05, 0) is 38.4 Å². The lowest BCUT2D eigenvalue weighted by atomic mass is 10.1. The molecule has 1 N–H and O–H groups in total. The quantitative estimate of drug-likeness (QED) is 0.346. The van der Waals surface area contributed by atoms with Crippen LogP contribution in [-0.4, -0.2) is 79.2 Å². The second kappa shape index (κ2) is 11.9. The molecule has 0 unspecified atom stereocenters. The monoisotopic (exact) mass is 502 g/mol. The molecular formula is C25H28F2N4O5. The molecule has 2 aliphatic rings. The first-order chi connectivity index (χ1) is 17.5. The SMILES string of the molecule is COc1cc2c(NC3=CC(=O)C(OC(CF)CF)=CC3=O)ncnc2cc1OCCCN1CCCC1. The molecule has 0 spiro atoms. The van der Waals surface area contributed by atoms with Crippen molar-refractivity contribution in [2.45, 2.75) is 25.4 Å². The molecule has 0 amide bonds. The van der Waals surface area contributed by atoms with E-state index in [-0.39, 0.29) is 11.5 Å². The van der Waals surface area contributed by atoms with Crippen molar-refractivity contribution in [3.8, 4) is 11.5 Å². The fourth-order valence-electron chi connectivity index (χ4n) is 4.05. The van der Waals surface area contributed by atoms with Crippen LogP contribution in [0.15, 0.2) is 42.1 Å². The maximum Gasteiger partial charge on any atom is 0.222 e. The number of hydrogen-bond acceptors (Lipinski definition) is 9. The van der Waals surface area contributed by atoms with Crippen molar-refractivity contribution in [1.82, 2.24) is 14.9 Å². The van der Waals surface area contributed by atoms with Crippen LogP contribution in [0.1, 0.15) is 19.3 Å². The molecule has 11 heteroatoms. The van der Waals surface area contributed by atoms with E-state index in [9.17, 15) is 18.4 Å². The molecular weight excluding hydrogens is 474 g/mol. The Hall–Kier alpha value is -3.60. The summed E-state index contributed by atoms with van der Waals surface area (Å²) in [5, 5.41) is 3.39. The van der Waals surface area contributed by atoms with Crippen LogP contribution < -0.4 is 14.8 Å². The van der Waals surface area contributed by atoms with Crippen LogP contribution in [0.3, 0.4) is 0 Å². The Balaban J connectivity index is 1.48. The third kappa shape index (κ3) is 5.96. The molecule has 192 valence electrons. The average Bonchev–Trinajstić information content (AvgIpc) is 3.41. The van der Waals surface area contributed by atoms with E-state index in [0.29, 0.717) is 29.0 Å². The number of aromatic nitrogens is 2. The molecule has 0 atom stereocenters. The van der Waals surface area contributed by atoms with Crippen LogP contribution in [0.5, 0.6) is 11.5 Å². The lowest BCUT2D eigenvalue weighted by Crippen LogP contribution is -2.25. The minimum absolute atomic E-state index is 0.0643. The molecule has 0 saturated carbocycles. The number of hydrogen-bond donors (Lipinski definition) is 1. The van der Waals surface area contributed by atoms with Crippen LogP contribution >= 0.6 is 0 Å². The van der Waals surface area contributed by atoms with E-state index in [4.69, 9.17) is 14.2 Å². The highest BCUT2D eigenvalue weighted by atomic mass is 19.1. The predicted octanol–water partition coefficient (Wildman–Crippen LogP) is 3.16. The van der Waals surface area contributed by atoms with Gasteiger partial charge in [-0.3, -0.25) is 9.59 Å². The summed E-state index contributed by atoms with van der Waals surface area (Å²) in [4.78, 5) is 35.8. The summed E-state index contributed by atoms with van der Waals surface area (Å²) in [5.74, 6) is -0.414. The van der Waals surface area contributed by atoms with Gasteiger partial charge < -0.3 is 24.4 Å². The number of fused-ring (bicyclic) bond motifs is 1. The number of halogens is 2. The number of allylic oxidation sites excluding steroid dienone is 2. The topological polar surface area (TPSA) is 103 Å². The van der Waals surface area contributed by atoms with Gasteiger partial charge in [0.05, 0.1) is 24.9 Å². The van der Waals surface area contributed by atoms with Crippen molar-refractivity contribution < 1.29 is 32.6 Å². The predicted molar refractivity (Wildman–Crippen MR) is 129 cm³/mol. The molecule has 1 aliphatic carbocycles. The van der Waals surface area contributed by atoms with Crippen molar-refractivity contribution in [2.75, 3.05) is 52.0 Å². The Morgan fingerprint density at radius 3 is 2.56 bits per heavy atom. The largest absolute Gasteiger partial charge is 0.493 e. The zero-order valence-corrected chi connectivity index (χ0v) is 20.0. The average molecular weight is 503 g/mol. The summed E-state index contributed by atoms with van der Waals surface area (Å²) in [6.45, 7) is 1.54. The molecule has 0 bridgehead atoms. The summed E-state index contributed by atoms with van der Waals surface area (Å²) < 4.78 is 41.9. The van der Waals surface area contributed by atoms with Gasteiger partial charge in [-0.15, -0.1) is 0 Å². The van der Waals surface area contributed by atoms with E-state index in [1.807, 2.05) is 0 Å². The number of ketones is 2. The fourth-order valence-corrected chi connectivity index (χ4v) is 4.05. The molecule has 1 fully saturated rings. The number of carbonyl (C=O) groups is 2. The summed E-state index contributed by atoms with van der Waals surface area (Å²) >= 11 is 0. The molecule has 1 aliphatic heterocycles. The van der Waals surface area contributed by atoms with Crippen molar-refractivity contribution >= 4 is 28.3 Å². The van der Waals surface area contributed by atoms with E-state index in [1.54, 1.807) is 12.1 Å². The van der Waals surface area contributed by atoms with E-state index in [0.717, 1.165) is 38.2 Å². The number of alkyl halides is 2. The molecule has 1 saturated heterocycles. The summed E-state index contributed by atoms with van der Waals surface area (Å²) in [6.07, 6.45) is 5.17. The van der Waals surface area contributed by atoms with Gasteiger partial charge in [-0.1, -0.05) is 0 Å². The highest BCUT2D eigenvalue weighted by molar-refractivity contribution is 6.20. The second-order valence-corrected chi connectivity index (χ2v) is 8.46. The number of nitrogens with zero attached hydrogens (tertiary/aromatic N) is 3. The van der Waals surface area contributed by atoms with Crippen LogP contribution in [0.25, 0.3) is 10.9 Å². The molecule has 0 radical (unpaired) electrons. The van der Waals surface area contributed by atoms with Crippen LogP contribution in [0, 0.1) is 0 Å². The summed E-state index contributed by atoms with van der Waals surface area (Å²) in [5.41, 5.74) is 0.483. The van der Waals surface area contributed by atoms with Gasteiger partial charge in [0, 0.05) is 30.1 Å². The number of likely N-dealkylation sites (tertiary alicyclic amines) is 1. The Labute approximate surface area is 207 Å². The first kappa shape index (κ1) is 25.5. The Morgan fingerprint density at radius 2 is 1.83 bits per heavy atom. The van der Waals surface area contributed by atoms with Crippen LogP contribution in [0.4, 0.5) is 14.6 Å². The van der Waals surface area contributed by atoms with Gasteiger partial charge in [-0.25, -0.2) is 18.7 Å². The highest BCUT2D eigenvalue weighted by Crippen LogP contribution is 2.34. The molecule has 9 nitrogen and oxygen atoms in total. The minimum Gasteiger partial charge on any atom is -0.493 e. The molecule has 2 aromatic rings. The maximum atomic E-state index is 12.7. The number of benzene rings is 1. The number of methoxy groups -OCH3 is 1. The van der Waals surface area contributed by atoms with Crippen molar-refractivity contribution in [3.05, 3.63) is 42.1 Å². The normalized spacial score (nSPS) is 16.3. The van der Waals surface area contributed by atoms with Gasteiger partial charge >= 0.3 is 0 Å². The summed E-state index contributed by atoms with van der Waals surface area (Å²) in [6, 6.07) is 3.43. The van der Waals surface area contributed by atoms with E-state index in [2.05, 4.69) is 20.2 Å². The van der Waals surface area contributed by atoms with Crippen molar-refractivity contribution in [2.24, 2.45) is 0 Å². The first-order valence-electron chi connectivity index (χ1n) is 11.8. The summed E-state index contributed by atoms with van der Waals surface area (Å²) in [7, 11) is 1.52. The fraction of sp³-hybridized carbons (Fsp3) is 0.440. The van der Waals surface area contributed by atoms with Gasteiger partial charge in [0.25, 0.3) is 0 Å². The smallest absolute Gasteiger partial charge is 0.222 e. The number of carbonyl (C=O) groups excluding carboxylic acids is 2. The molecule has 2 heterocycles. The number of rotatable bonds is 12. The molecule has 1 aromatic carbocycles. The molecule has 4 rings (SSSR count). The van der Waals surface area contributed by atoms with Crippen LogP contribution in [-0.2, 0) is 14.3 Å². The molecule has 36 heavy (non-hydrogen) atoms. The third-order valence-electron chi connectivity index (χ3n) is 5.93. The Morgan fingerprint density at radius 1 is 1.06 bits per heavy atom. The van der Waals surface area contributed by atoms with E-state index >= 15 is 0 Å². The van der Waals surface area contributed by atoms with Gasteiger partial charge in [-0.2, -0.15) is 0 Å². The third-order valence-corrected chi connectivity index (χ3v) is 5.93. The Kier molecular flexibility index (Phi) is 8.42. The number of nitrogens with one attached hydrogen (secondary N) is 1. The lowest BCUT2D eigenvalue weighted by Gasteiger charge is -2.18. The van der Waals surface area contributed by atoms with Gasteiger partial charge in [0.2, 0.25) is 11.6 Å². The van der Waals surface area contributed by atoms with Crippen LogP contribution in [0.2, 0.25) is 0 Å². The highest BCUT2D eigenvalue weighted by Gasteiger charge is 2.25. The first-order valence-corrected chi connectivity index (χ1v) is 11.8. The zero-order valence-electron chi connectivity index (χ0n) is 20.0. The minimum atomic E-state index is -1.44. The van der Waals surface area contributed by atoms with Crippen molar-refractivity contribution in [3.63, 3.8) is 0 Å². The second-order valence-electron chi connectivity index (χ2n) is 8.46. The zero-order chi connectivity index (χ0) is 25.5. The molecule has 1 aromatic heterocycles. The van der Waals surface area contributed by atoms with Gasteiger partial charge in [0.1, 0.15) is 25.5 Å². The van der Waals surface area contributed by atoms with Crippen molar-refractivity contribution in [1.29, 1.82) is 0 Å². The lowest BCUT2D eigenvalue weighted by molar-refractivity contribution is -0.118. The standard InChI is InChI=1S/C25H28F2N4O5/c1-34-23-9-17-18(11-24(23)35-8-4-7-31-5-2-3-6-31)28-15-29-25(17)30-19-10-21(33)22(12-20(19)32)36-16(13-26)14-27/h9-12,15-16H,2-8,13-14H2,1H3,(H,28,29,30). The van der Waals surface area contributed by atoms with Gasteiger partial charge in [0.15, 0.2) is 23.4 Å².